The van der Waals surface area contributed by atoms with Crippen LogP contribution in [0.25, 0.3) is 10.9 Å². The molecule has 0 fully saturated rings. The zero-order chi connectivity index (χ0) is 38.5. The van der Waals surface area contributed by atoms with Gasteiger partial charge in [0.1, 0.15) is 23.8 Å². The molecule has 284 valence electrons. The summed E-state index contributed by atoms with van der Waals surface area (Å²) in [4.78, 5) is 47.6. The van der Waals surface area contributed by atoms with Gasteiger partial charge in [0.2, 0.25) is 5.91 Å². The van der Waals surface area contributed by atoms with Crippen molar-refractivity contribution in [2.45, 2.75) is 66.8 Å². The summed E-state index contributed by atoms with van der Waals surface area (Å²) in [6, 6.07) is 6.34. The van der Waals surface area contributed by atoms with E-state index in [4.69, 9.17) is 14.0 Å². The molecule has 4 N–H and O–H groups in total. The Bertz CT molecular complexity index is 1900. The van der Waals surface area contributed by atoms with Gasteiger partial charge >= 0.3 is 7.82 Å². The molecule has 0 spiro atoms. The highest BCUT2D eigenvalue weighted by Crippen LogP contribution is 2.51. The number of amides is 1. The third-order valence-electron chi connectivity index (χ3n) is 8.91. The molecule has 0 aliphatic carbocycles. The van der Waals surface area contributed by atoms with E-state index >= 15 is 0 Å². The summed E-state index contributed by atoms with van der Waals surface area (Å²) in [6.07, 6.45) is 3.41. The third kappa shape index (κ3) is 9.79. The van der Waals surface area contributed by atoms with Gasteiger partial charge in [-0.25, -0.2) is 28.3 Å². The molecule has 0 unspecified atom stereocenters. The Morgan fingerprint density at radius 2 is 1.73 bits per heavy atom. The number of nitrogens with zero attached hydrogens (tertiary/aromatic N) is 4. The fourth-order valence-corrected chi connectivity index (χ4v) is 7.93. The Kier molecular flexibility index (Phi) is 13.0. The van der Waals surface area contributed by atoms with Crippen LogP contribution in [0, 0.1) is 22.5 Å². The van der Waals surface area contributed by atoms with Crippen molar-refractivity contribution in [3.63, 3.8) is 0 Å². The monoisotopic (exact) mass is 764 g/mol. The summed E-state index contributed by atoms with van der Waals surface area (Å²) in [7, 11) is -3.18. The number of halogens is 2. The number of hydrogen-bond acceptors (Lipinski definition) is 11. The fraction of sp³-hybridized carbons (Fsp3) is 0.486. The van der Waals surface area contributed by atoms with Crippen molar-refractivity contribution in [2.24, 2.45) is 10.8 Å². The maximum Gasteiger partial charge on any atom is 0.469 e. The predicted octanol–water partition coefficient (Wildman–Crippen LogP) is 7.33. The highest BCUT2D eigenvalue weighted by Gasteiger charge is 2.55. The molecule has 0 saturated heterocycles. The Morgan fingerprint density at radius 3 is 2.37 bits per heavy atom. The van der Waals surface area contributed by atoms with Crippen molar-refractivity contribution < 1.29 is 41.9 Å². The van der Waals surface area contributed by atoms with Gasteiger partial charge in [-0.15, -0.1) is 11.3 Å². The van der Waals surface area contributed by atoms with E-state index in [9.17, 15) is 27.9 Å². The number of nitrogens with one attached hydrogen (secondary N) is 2. The quantitative estimate of drug-likeness (QED) is 0.0664. The lowest BCUT2D eigenvalue weighted by Crippen LogP contribution is -2.67. The van der Waals surface area contributed by atoms with Crippen molar-refractivity contribution in [2.75, 3.05) is 44.0 Å². The largest absolute Gasteiger partial charge is 0.493 e. The number of hydrogen-bond donors (Lipinski definition) is 4. The number of aromatic nitrogens is 3. The van der Waals surface area contributed by atoms with Gasteiger partial charge in [-0.1, -0.05) is 48.5 Å². The van der Waals surface area contributed by atoms with Crippen LogP contribution < -0.4 is 20.1 Å². The maximum atomic E-state index is 14.0. The van der Waals surface area contributed by atoms with Crippen LogP contribution in [0.5, 0.6) is 11.5 Å². The predicted molar refractivity (Wildman–Crippen MR) is 197 cm³/mol. The topological polar surface area (TPSA) is 168 Å². The molecule has 0 saturated carbocycles. The molecule has 2 aromatic heterocycles. The van der Waals surface area contributed by atoms with Crippen LogP contribution in [0.4, 0.5) is 25.4 Å². The van der Waals surface area contributed by atoms with E-state index in [1.165, 1.54) is 31.0 Å². The number of ether oxygens (including phenoxy) is 2. The molecule has 0 aliphatic heterocycles. The summed E-state index contributed by atoms with van der Waals surface area (Å²) in [6.45, 7) is 15.7. The Labute approximate surface area is 306 Å². The molecule has 0 atom stereocenters. The van der Waals surface area contributed by atoms with E-state index < -0.39 is 41.7 Å². The maximum absolute atomic E-state index is 14.0. The normalized spacial score (nSPS) is 12.7. The van der Waals surface area contributed by atoms with Gasteiger partial charge in [-0.2, -0.15) is 0 Å². The van der Waals surface area contributed by atoms with E-state index in [-0.39, 0.29) is 18.7 Å². The highest BCUT2D eigenvalue weighted by molar-refractivity contribution is 7.46. The number of thiazole rings is 1. The van der Waals surface area contributed by atoms with Crippen LogP contribution in [0.1, 0.15) is 59.8 Å². The van der Waals surface area contributed by atoms with Gasteiger partial charge < -0.3 is 29.9 Å². The van der Waals surface area contributed by atoms with Crippen LogP contribution in [-0.4, -0.2) is 74.5 Å². The minimum atomic E-state index is -4.71. The first-order chi connectivity index (χ1) is 24.3. The molecule has 52 heavy (non-hydrogen) atoms. The van der Waals surface area contributed by atoms with Crippen molar-refractivity contribution >= 4 is 52.6 Å². The minimum Gasteiger partial charge on any atom is -0.493 e. The van der Waals surface area contributed by atoms with Crippen molar-refractivity contribution in [3.8, 4) is 11.5 Å². The lowest BCUT2D eigenvalue weighted by Gasteiger charge is -2.59. The van der Waals surface area contributed by atoms with Crippen molar-refractivity contribution in [1.29, 1.82) is 0 Å². The fourth-order valence-electron chi connectivity index (χ4n) is 6.76. The van der Waals surface area contributed by atoms with E-state index in [1.807, 2.05) is 6.92 Å². The summed E-state index contributed by atoms with van der Waals surface area (Å²) >= 11 is 1.20. The smallest absolute Gasteiger partial charge is 0.469 e. The molecule has 2 heterocycles. The van der Waals surface area contributed by atoms with Crippen LogP contribution in [0.15, 0.2) is 42.9 Å². The molecule has 1 amide bonds. The van der Waals surface area contributed by atoms with Crippen molar-refractivity contribution in [3.05, 3.63) is 59.4 Å². The van der Waals surface area contributed by atoms with Gasteiger partial charge in [0, 0.05) is 35.1 Å². The molecule has 0 aliphatic rings. The first kappa shape index (κ1) is 41.0. The Morgan fingerprint density at radius 1 is 1.02 bits per heavy atom. The number of phosphoric ester groups is 1. The first-order valence-corrected chi connectivity index (χ1v) is 19.0. The lowest BCUT2D eigenvalue weighted by molar-refractivity contribution is -0.116. The number of anilines is 3. The summed E-state index contributed by atoms with van der Waals surface area (Å²) in [5.41, 5.74) is -1.22. The molecule has 17 heteroatoms. The number of phosphoric acid groups is 1. The number of benzene rings is 2. The molecular weight excluding hydrogens is 717 g/mol. The second kappa shape index (κ2) is 16.5. The van der Waals surface area contributed by atoms with Crippen LogP contribution in [0.3, 0.4) is 0 Å². The lowest BCUT2D eigenvalue weighted by atomic mass is 9.59. The second-order valence-corrected chi connectivity index (χ2v) is 16.6. The van der Waals surface area contributed by atoms with Crippen molar-refractivity contribution in [1.82, 2.24) is 19.9 Å². The van der Waals surface area contributed by atoms with Gasteiger partial charge in [-0.3, -0.25) is 14.2 Å². The molecule has 2 aromatic carbocycles. The van der Waals surface area contributed by atoms with E-state index in [0.29, 0.717) is 64.3 Å². The number of rotatable bonds is 16. The van der Waals surface area contributed by atoms with E-state index in [0.717, 1.165) is 18.2 Å². The van der Waals surface area contributed by atoms with Gasteiger partial charge in [0.05, 0.1) is 43.5 Å². The summed E-state index contributed by atoms with van der Waals surface area (Å²) in [5.74, 6) is -0.559. The third-order valence-corrected chi connectivity index (χ3v) is 10.3. The van der Waals surface area contributed by atoms with Crippen LogP contribution >= 0.6 is 19.2 Å². The Hall–Kier alpha value is -3.79. The van der Waals surface area contributed by atoms with Gasteiger partial charge in [0.15, 0.2) is 16.6 Å². The zero-order valence-electron chi connectivity index (χ0n) is 30.6. The van der Waals surface area contributed by atoms with Crippen LogP contribution in [-0.2, 0) is 20.3 Å². The molecule has 4 rings (SSSR count). The number of carbonyl (C=O) groups excluding carboxylic acids is 1. The number of fused-ring (bicyclic) bond motifs is 1. The average Bonchev–Trinajstić information content (AvgIpc) is 3.48. The van der Waals surface area contributed by atoms with Gasteiger partial charge in [-0.05, 0) is 42.0 Å². The first-order valence-electron chi connectivity index (χ1n) is 16.6. The minimum absolute atomic E-state index is 0.0983. The Balaban J connectivity index is 1.45. The van der Waals surface area contributed by atoms with E-state index in [1.54, 1.807) is 12.1 Å². The van der Waals surface area contributed by atoms with Crippen LogP contribution in [0.2, 0.25) is 0 Å². The second-order valence-electron chi connectivity index (χ2n) is 14.3. The SMILES string of the molecule is CCN(CCCOc1cc2ncnc(Nc3ncc(CC(=O)Nc4cc(F)ccc4F)s3)c2cc1OC)C(COP(=O)(O)O)(C(C)(C)C)C(C)(C)C. The summed E-state index contributed by atoms with van der Waals surface area (Å²) < 4.78 is 56.3. The molecule has 13 nitrogen and oxygen atoms in total. The highest BCUT2D eigenvalue weighted by atomic mass is 32.1. The molecular formula is C35H47F2N6O7PS. The average molecular weight is 765 g/mol. The number of methoxy groups -OCH3 is 1. The van der Waals surface area contributed by atoms with E-state index in [2.05, 4.69) is 72.0 Å². The van der Waals surface area contributed by atoms with Gasteiger partial charge in [0.25, 0.3) is 0 Å². The molecule has 0 radical (unpaired) electrons. The number of likely N-dealkylation sites (N-methyl/N-ethyl adjacent to an activating group) is 1. The summed E-state index contributed by atoms with van der Waals surface area (Å²) in [5, 5.41) is 6.62. The number of carbonyl (C=O) groups is 1. The zero-order valence-corrected chi connectivity index (χ0v) is 32.3. The molecule has 4 aromatic rings. The molecule has 0 bridgehead atoms. The standard InChI is InChI=1S/C35H47F2N6O7PS/c1-9-43(35(33(2,3)4,34(5,6)7)20-50-51(45,46)47)13-10-14-49-29-18-26-24(17-28(29)48-8)31(40-21-39-26)42-32-38-19-23(52-32)16-30(44)41-27-15-22(36)11-12-25(27)37/h11-12,15,17-19,21H,9-10,13-14,16,20H2,1-8H3,(H,41,44)(H2,45,46,47)(H,38,39,40,42).